The zero-order valence-electron chi connectivity index (χ0n) is 11.0. The van der Waals surface area contributed by atoms with Crippen LogP contribution >= 0.6 is 0 Å². The van der Waals surface area contributed by atoms with Gasteiger partial charge in [-0.2, -0.15) is 0 Å². The van der Waals surface area contributed by atoms with E-state index in [0.717, 1.165) is 12.5 Å². The van der Waals surface area contributed by atoms with Crippen molar-refractivity contribution in [2.75, 3.05) is 40.3 Å². The van der Waals surface area contributed by atoms with E-state index >= 15 is 0 Å². The van der Waals surface area contributed by atoms with E-state index in [-0.39, 0.29) is 0 Å². The fourth-order valence-electron chi connectivity index (χ4n) is 2.44. The van der Waals surface area contributed by atoms with Gasteiger partial charge in [-0.05, 0) is 59.4 Å². The Hall–Kier alpha value is -0.120. The number of aliphatic hydroxyl groups excluding tert-OH is 1. The van der Waals surface area contributed by atoms with Crippen LogP contribution in [0.25, 0.3) is 0 Å². The molecule has 0 aliphatic carbocycles. The highest BCUT2D eigenvalue weighted by Crippen LogP contribution is 2.14. The maximum absolute atomic E-state index is 8.69. The SMILES string of the molecule is CN1CCC(N(C)CCCCCCO)CC1. The molecule has 0 spiro atoms. The average Bonchev–Trinajstić information content (AvgIpc) is 2.29. The highest BCUT2D eigenvalue weighted by atomic mass is 16.2. The minimum Gasteiger partial charge on any atom is -0.396 e. The Bertz CT molecular complexity index is 167. The third kappa shape index (κ3) is 5.28. The van der Waals surface area contributed by atoms with E-state index in [1.807, 2.05) is 0 Å². The van der Waals surface area contributed by atoms with Crippen molar-refractivity contribution in [2.45, 2.75) is 44.6 Å². The predicted molar refractivity (Wildman–Crippen MR) is 68.7 cm³/mol. The predicted octanol–water partition coefficient (Wildman–Crippen LogP) is 1.57. The summed E-state index contributed by atoms with van der Waals surface area (Å²) in [4.78, 5) is 4.96. The van der Waals surface area contributed by atoms with E-state index in [0.29, 0.717) is 6.61 Å². The molecule has 1 aliphatic heterocycles. The van der Waals surface area contributed by atoms with E-state index in [2.05, 4.69) is 23.9 Å². The van der Waals surface area contributed by atoms with Crippen LogP contribution in [-0.2, 0) is 0 Å². The van der Waals surface area contributed by atoms with E-state index in [4.69, 9.17) is 5.11 Å². The molecule has 0 bridgehead atoms. The summed E-state index contributed by atoms with van der Waals surface area (Å²) in [6, 6.07) is 0.800. The van der Waals surface area contributed by atoms with Gasteiger partial charge in [0, 0.05) is 12.6 Å². The van der Waals surface area contributed by atoms with Gasteiger partial charge in [0.05, 0.1) is 0 Å². The highest BCUT2D eigenvalue weighted by molar-refractivity contribution is 4.76. The Balaban J connectivity index is 2.03. The molecule has 1 saturated heterocycles. The van der Waals surface area contributed by atoms with Crippen molar-refractivity contribution in [3.63, 3.8) is 0 Å². The molecular formula is C13H28N2O. The maximum atomic E-state index is 8.69. The molecule has 1 rings (SSSR count). The molecule has 0 aromatic rings. The van der Waals surface area contributed by atoms with Crippen molar-refractivity contribution >= 4 is 0 Å². The van der Waals surface area contributed by atoms with Crippen LogP contribution in [0.5, 0.6) is 0 Å². The lowest BCUT2D eigenvalue weighted by Gasteiger charge is -2.35. The number of piperidine rings is 1. The quantitative estimate of drug-likeness (QED) is 0.670. The molecule has 96 valence electrons. The molecule has 0 atom stereocenters. The summed E-state index contributed by atoms with van der Waals surface area (Å²) < 4.78 is 0. The molecule has 3 nitrogen and oxygen atoms in total. The van der Waals surface area contributed by atoms with Gasteiger partial charge in [-0.15, -0.1) is 0 Å². The number of nitrogens with zero attached hydrogens (tertiary/aromatic N) is 2. The van der Waals surface area contributed by atoms with Crippen LogP contribution in [0.2, 0.25) is 0 Å². The molecule has 0 saturated carbocycles. The highest BCUT2D eigenvalue weighted by Gasteiger charge is 2.19. The maximum Gasteiger partial charge on any atom is 0.0431 e. The van der Waals surface area contributed by atoms with Crippen molar-refractivity contribution in [3.05, 3.63) is 0 Å². The molecule has 1 fully saturated rings. The van der Waals surface area contributed by atoms with Gasteiger partial charge in [0.15, 0.2) is 0 Å². The lowest BCUT2D eigenvalue weighted by molar-refractivity contribution is 0.142. The molecule has 3 heteroatoms. The first-order chi connectivity index (χ1) is 7.74. The van der Waals surface area contributed by atoms with Crippen molar-refractivity contribution in [3.8, 4) is 0 Å². The Labute approximate surface area is 100 Å². The minimum absolute atomic E-state index is 0.352. The van der Waals surface area contributed by atoms with Crippen molar-refractivity contribution < 1.29 is 5.11 Å². The summed E-state index contributed by atoms with van der Waals surface area (Å²) in [6.07, 6.45) is 7.34. The lowest BCUT2D eigenvalue weighted by atomic mass is 10.0. The zero-order valence-corrected chi connectivity index (χ0v) is 11.0. The van der Waals surface area contributed by atoms with Gasteiger partial charge in [-0.3, -0.25) is 0 Å². The van der Waals surface area contributed by atoms with Crippen molar-refractivity contribution in [1.29, 1.82) is 0 Å². The standard InChI is InChI=1S/C13H28N2O/c1-14-10-7-13(8-11-14)15(2)9-5-3-4-6-12-16/h13,16H,3-12H2,1-2H3. The van der Waals surface area contributed by atoms with Gasteiger partial charge in [-0.1, -0.05) is 12.8 Å². The minimum atomic E-state index is 0.352. The van der Waals surface area contributed by atoms with Gasteiger partial charge < -0.3 is 14.9 Å². The molecule has 0 aromatic heterocycles. The molecule has 0 unspecified atom stereocenters. The molecule has 1 aliphatic rings. The first-order valence-electron chi connectivity index (χ1n) is 6.73. The van der Waals surface area contributed by atoms with Crippen LogP contribution in [0.3, 0.4) is 0 Å². The summed E-state index contributed by atoms with van der Waals surface area (Å²) >= 11 is 0. The summed E-state index contributed by atoms with van der Waals surface area (Å²) in [5.41, 5.74) is 0. The van der Waals surface area contributed by atoms with Gasteiger partial charge in [0.2, 0.25) is 0 Å². The molecule has 16 heavy (non-hydrogen) atoms. The summed E-state index contributed by atoms with van der Waals surface area (Å²) in [6.45, 7) is 4.07. The molecular weight excluding hydrogens is 200 g/mol. The van der Waals surface area contributed by atoms with E-state index in [1.165, 1.54) is 51.7 Å². The number of aliphatic hydroxyl groups is 1. The molecule has 0 amide bonds. The summed E-state index contributed by atoms with van der Waals surface area (Å²) in [5.74, 6) is 0. The largest absolute Gasteiger partial charge is 0.396 e. The third-order valence-electron chi connectivity index (χ3n) is 3.73. The average molecular weight is 228 g/mol. The van der Waals surface area contributed by atoms with Gasteiger partial charge >= 0.3 is 0 Å². The topological polar surface area (TPSA) is 26.7 Å². The second kappa shape index (κ2) is 8.04. The fourth-order valence-corrected chi connectivity index (χ4v) is 2.44. The smallest absolute Gasteiger partial charge is 0.0431 e. The van der Waals surface area contributed by atoms with Crippen LogP contribution in [0, 0.1) is 0 Å². The second-order valence-corrected chi connectivity index (χ2v) is 5.15. The third-order valence-corrected chi connectivity index (χ3v) is 3.73. The number of hydrogen-bond donors (Lipinski definition) is 1. The van der Waals surface area contributed by atoms with Crippen molar-refractivity contribution in [2.24, 2.45) is 0 Å². The molecule has 1 heterocycles. The van der Waals surface area contributed by atoms with E-state index < -0.39 is 0 Å². The Kier molecular flexibility index (Phi) is 7.01. The van der Waals surface area contributed by atoms with Crippen LogP contribution in [0.1, 0.15) is 38.5 Å². The summed E-state index contributed by atoms with van der Waals surface area (Å²) in [7, 11) is 4.48. The number of rotatable bonds is 7. The fraction of sp³-hybridized carbons (Fsp3) is 1.00. The molecule has 1 N–H and O–H groups in total. The number of unbranched alkanes of at least 4 members (excludes halogenated alkanes) is 3. The first-order valence-corrected chi connectivity index (χ1v) is 6.73. The van der Waals surface area contributed by atoms with E-state index in [1.54, 1.807) is 0 Å². The molecule has 0 radical (unpaired) electrons. The van der Waals surface area contributed by atoms with Crippen molar-refractivity contribution in [1.82, 2.24) is 9.80 Å². The van der Waals surface area contributed by atoms with Gasteiger partial charge in [-0.25, -0.2) is 0 Å². The monoisotopic (exact) mass is 228 g/mol. The number of likely N-dealkylation sites (tertiary alicyclic amines) is 1. The van der Waals surface area contributed by atoms with Gasteiger partial charge in [0.1, 0.15) is 0 Å². The Morgan fingerprint density at radius 3 is 2.38 bits per heavy atom. The zero-order chi connectivity index (χ0) is 11.8. The lowest BCUT2D eigenvalue weighted by Crippen LogP contribution is -2.42. The van der Waals surface area contributed by atoms with Crippen LogP contribution in [0.4, 0.5) is 0 Å². The van der Waals surface area contributed by atoms with Crippen LogP contribution in [0.15, 0.2) is 0 Å². The van der Waals surface area contributed by atoms with Crippen LogP contribution < -0.4 is 0 Å². The second-order valence-electron chi connectivity index (χ2n) is 5.15. The van der Waals surface area contributed by atoms with E-state index in [9.17, 15) is 0 Å². The summed E-state index contributed by atoms with van der Waals surface area (Å²) in [5, 5.41) is 8.69. The Morgan fingerprint density at radius 2 is 1.75 bits per heavy atom. The Morgan fingerprint density at radius 1 is 1.12 bits per heavy atom. The normalized spacial score (nSPS) is 19.5. The van der Waals surface area contributed by atoms with Crippen LogP contribution in [-0.4, -0.2) is 61.3 Å². The first kappa shape index (κ1) is 13.9. The van der Waals surface area contributed by atoms with Gasteiger partial charge in [0.25, 0.3) is 0 Å². The molecule has 0 aromatic carbocycles. The number of hydrogen-bond acceptors (Lipinski definition) is 3.